The number of carbonyl (C=O) groups is 1. The highest BCUT2D eigenvalue weighted by atomic mass is 19.3. The van der Waals surface area contributed by atoms with Gasteiger partial charge in [0.2, 0.25) is 0 Å². The Morgan fingerprint density at radius 1 is 1.29 bits per heavy atom. The summed E-state index contributed by atoms with van der Waals surface area (Å²) in [4.78, 5) is 12.2. The van der Waals surface area contributed by atoms with Gasteiger partial charge in [0.05, 0.1) is 12.3 Å². The van der Waals surface area contributed by atoms with Crippen LogP contribution in [0.1, 0.15) is 33.7 Å². The van der Waals surface area contributed by atoms with Crippen LogP contribution < -0.4 is 5.32 Å². The molecule has 1 aromatic heterocycles. The maximum absolute atomic E-state index is 12.8. The van der Waals surface area contributed by atoms with E-state index in [1.807, 2.05) is 24.6 Å². The highest BCUT2D eigenvalue weighted by molar-refractivity contribution is 5.94. The second-order valence-corrected chi connectivity index (χ2v) is 6.51. The van der Waals surface area contributed by atoms with E-state index in [9.17, 15) is 22.4 Å². The number of halogens is 4. The number of rotatable bonds is 10. The van der Waals surface area contributed by atoms with Crippen molar-refractivity contribution in [1.29, 1.82) is 0 Å². The fourth-order valence-corrected chi connectivity index (χ4v) is 2.60. The lowest BCUT2D eigenvalue weighted by molar-refractivity contribution is -0.168. The molecule has 0 fully saturated rings. The summed E-state index contributed by atoms with van der Waals surface area (Å²) >= 11 is 0. The molecular weight excluding hydrogens is 378 g/mol. The van der Waals surface area contributed by atoms with Crippen molar-refractivity contribution in [2.24, 2.45) is 0 Å². The number of amides is 1. The Labute approximate surface area is 160 Å². The van der Waals surface area contributed by atoms with E-state index in [0.717, 1.165) is 11.4 Å². The largest absolute Gasteiger partial charge is 0.370 e. The van der Waals surface area contributed by atoms with Crippen molar-refractivity contribution in [1.82, 2.24) is 15.1 Å². The molecule has 0 aliphatic rings. The van der Waals surface area contributed by atoms with Crippen molar-refractivity contribution in [3.8, 4) is 0 Å². The molecule has 1 N–H and O–H groups in total. The van der Waals surface area contributed by atoms with Gasteiger partial charge in [-0.25, -0.2) is 8.78 Å². The SMILES string of the molecule is Cc1cc(C)n(CCCNC(=O)c2cccc(COCC(F)(F)C(F)F)c2)n1. The Morgan fingerprint density at radius 3 is 2.68 bits per heavy atom. The Kier molecular flexibility index (Phi) is 7.56. The molecule has 1 aromatic carbocycles. The van der Waals surface area contributed by atoms with Crippen LogP contribution in [-0.2, 0) is 17.9 Å². The predicted octanol–water partition coefficient (Wildman–Crippen LogP) is 3.74. The number of alkyl halides is 4. The smallest absolute Gasteiger partial charge is 0.330 e. The van der Waals surface area contributed by atoms with Crippen LogP contribution in [0.25, 0.3) is 0 Å². The molecule has 0 atom stereocenters. The van der Waals surface area contributed by atoms with Gasteiger partial charge in [-0.1, -0.05) is 12.1 Å². The van der Waals surface area contributed by atoms with Crippen LogP contribution in [0.15, 0.2) is 30.3 Å². The zero-order valence-electron chi connectivity index (χ0n) is 15.7. The van der Waals surface area contributed by atoms with Crippen molar-refractivity contribution in [2.45, 2.75) is 45.8 Å². The predicted molar refractivity (Wildman–Crippen MR) is 95.7 cm³/mol. The van der Waals surface area contributed by atoms with Crippen LogP contribution >= 0.6 is 0 Å². The number of aromatic nitrogens is 2. The Bertz CT molecular complexity index is 793. The summed E-state index contributed by atoms with van der Waals surface area (Å²) in [7, 11) is 0. The summed E-state index contributed by atoms with van der Waals surface area (Å²) in [5, 5.41) is 7.12. The number of nitrogens with zero attached hydrogens (tertiary/aromatic N) is 2. The molecule has 0 aliphatic carbocycles. The van der Waals surface area contributed by atoms with E-state index in [2.05, 4.69) is 15.2 Å². The van der Waals surface area contributed by atoms with Gasteiger partial charge in [0.25, 0.3) is 5.91 Å². The number of hydrogen-bond acceptors (Lipinski definition) is 3. The molecule has 0 saturated heterocycles. The minimum Gasteiger partial charge on any atom is -0.370 e. The zero-order chi connectivity index (χ0) is 20.7. The van der Waals surface area contributed by atoms with Crippen LogP contribution in [0.2, 0.25) is 0 Å². The summed E-state index contributed by atoms with van der Waals surface area (Å²) in [6, 6.07) is 8.18. The normalized spacial score (nSPS) is 11.8. The molecule has 9 heteroatoms. The van der Waals surface area contributed by atoms with Crippen LogP contribution in [0, 0.1) is 13.8 Å². The molecule has 0 unspecified atom stereocenters. The topological polar surface area (TPSA) is 56.2 Å². The number of ether oxygens (including phenoxy) is 1. The van der Waals surface area contributed by atoms with Crippen LogP contribution in [0.3, 0.4) is 0 Å². The molecule has 0 radical (unpaired) electrons. The number of aryl methyl sites for hydroxylation is 3. The van der Waals surface area contributed by atoms with E-state index >= 15 is 0 Å². The maximum Gasteiger partial charge on any atom is 0.330 e. The van der Waals surface area contributed by atoms with Gasteiger partial charge in [-0.2, -0.15) is 13.9 Å². The highest BCUT2D eigenvalue weighted by Crippen LogP contribution is 2.23. The second-order valence-electron chi connectivity index (χ2n) is 6.51. The molecule has 0 spiro atoms. The van der Waals surface area contributed by atoms with Crippen molar-refractivity contribution in [2.75, 3.05) is 13.2 Å². The van der Waals surface area contributed by atoms with Gasteiger partial charge in [0.1, 0.15) is 6.61 Å². The van der Waals surface area contributed by atoms with Crippen molar-refractivity contribution >= 4 is 5.91 Å². The highest BCUT2D eigenvalue weighted by Gasteiger charge is 2.40. The molecule has 0 bridgehead atoms. The third-order valence-corrected chi connectivity index (χ3v) is 4.01. The Balaban J connectivity index is 1.78. The van der Waals surface area contributed by atoms with E-state index < -0.39 is 19.0 Å². The summed E-state index contributed by atoms with van der Waals surface area (Å²) in [6.45, 7) is 3.32. The minimum absolute atomic E-state index is 0.290. The van der Waals surface area contributed by atoms with Gasteiger partial charge in [0, 0.05) is 24.3 Å². The molecule has 0 saturated carbocycles. The molecule has 154 valence electrons. The lowest BCUT2D eigenvalue weighted by Crippen LogP contribution is -2.32. The lowest BCUT2D eigenvalue weighted by Gasteiger charge is -2.15. The lowest BCUT2D eigenvalue weighted by atomic mass is 10.1. The van der Waals surface area contributed by atoms with E-state index in [0.29, 0.717) is 30.6 Å². The van der Waals surface area contributed by atoms with Crippen LogP contribution in [-0.4, -0.2) is 41.2 Å². The number of hydrogen-bond donors (Lipinski definition) is 1. The third kappa shape index (κ3) is 6.33. The van der Waals surface area contributed by atoms with Gasteiger partial charge in [-0.3, -0.25) is 9.48 Å². The van der Waals surface area contributed by atoms with Crippen LogP contribution in [0.4, 0.5) is 17.6 Å². The van der Waals surface area contributed by atoms with Crippen molar-refractivity contribution in [3.63, 3.8) is 0 Å². The van der Waals surface area contributed by atoms with Gasteiger partial charge < -0.3 is 10.1 Å². The van der Waals surface area contributed by atoms with Gasteiger partial charge >= 0.3 is 12.3 Å². The number of carbonyl (C=O) groups excluding carboxylic acids is 1. The number of nitrogens with one attached hydrogen (secondary N) is 1. The number of benzene rings is 1. The van der Waals surface area contributed by atoms with Crippen LogP contribution in [0.5, 0.6) is 0 Å². The first-order valence-electron chi connectivity index (χ1n) is 8.81. The summed E-state index contributed by atoms with van der Waals surface area (Å²) < 4.78 is 56.4. The molecule has 2 aromatic rings. The first-order chi connectivity index (χ1) is 13.2. The zero-order valence-corrected chi connectivity index (χ0v) is 15.7. The van der Waals surface area contributed by atoms with E-state index in [1.165, 1.54) is 6.07 Å². The first-order valence-corrected chi connectivity index (χ1v) is 8.81. The Morgan fingerprint density at radius 2 is 2.04 bits per heavy atom. The molecule has 1 heterocycles. The minimum atomic E-state index is -4.19. The molecule has 1 amide bonds. The van der Waals surface area contributed by atoms with E-state index in [1.54, 1.807) is 18.2 Å². The quantitative estimate of drug-likeness (QED) is 0.488. The van der Waals surface area contributed by atoms with E-state index in [4.69, 9.17) is 0 Å². The first kappa shape index (κ1) is 21.9. The average molecular weight is 401 g/mol. The van der Waals surface area contributed by atoms with Gasteiger partial charge in [-0.05, 0) is 44.0 Å². The molecule has 28 heavy (non-hydrogen) atoms. The Hall–Kier alpha value is -2.42. The van der Waals surface area contributed by atoms with E-state index in [-0.39, 0.29) is 12.5 Å². The third-order valence-electron chi connectivity index (χ3n) is 4.01. The average Bonchev–Trinajstić information content (AvgIpc) is 2.95. The van der Waals surface area contributed by atoms with Crippen molar-refractivity contribution < 1.29 is 27.1 Å². The molecule has 0 aliphatic heterocycles. The molecule has 2 rings (SSSR count). The molecular formula is C19H23F4N3O2. The summed E-state index contributed by atoms with van der Waals surface area (Å²) in [6.07, 6.45) is -3.08. The summed E-state index contributed by atoms with van der Waals surface area (Å²) in [5.41, 5.74) is 2.77. The fraction of sp³-hybridized carbons (Fsp3) is 0.474. The monoisotopic (exact) mass is 401 g/mol. The van der Waals surface area contributed by atoms with Gasteiger partial charge in [0.15, 0.2) is 0 Å². The second kappa shape index (κ2) is 9.68. The molecule has 5 nitrogen and oxygen atoms in total. The standard InChI is InChI=1S/C19H23F4N3O2/c1-13-9-14(2)26(25-13)8-4-7-24-17(27)16-6-3-5-15(10-16)11-28-12-19(22,23)18(20)21/h3,5-6,9-10,18H,4,7-8,11-12H2,1-2H3,(H,24,27). The van der Waals surface area contributed by atoms with Gasteiger partial charge in [-0.15, -0.1) is 0 Å². The fourth-order valence-electron chi connectivity index (χ4n) is 2.60. The maximum atomic E-state index is 12.8. The summed E-state index contributed by atoms with van der Waals surface area (Å²) in [5.74, 6) is -4.51. The van der Waals surface area contributed by atoms with Crippen molar-refractivity contribution in [3.05, 3.63) is 52.8 Å².